The number of pyridine rings is 4. The maximum atomic E-state index is 6.20. The number of nitrogens with one attached hydrogen (secondary N) is 2. The lowest BCUT2D eigenvalue weighted by Crippen LogP contribution is -2.44. The number of aliphatic imine (C=N–C) groups is 2. The number of allylic oxidation sites excluding steroid dienone is 2. The summed E-state index contributed by atoms with van der Waals surface area (Å²) in [5.41, 5.74) is 11.1. The fraction of sp³-hybridized carbons (Fsp3) is 0.460. The second kappa shape index (κ2) is 27.6. The fourth-order valence-corrected chi connectivity index (χ4v) is 11.0. The Balaban J connectivity index is 1.22. The summed E-state index contributed by atoms with van der Waals surface area (Å²) in [5, 5.41) is 0. The minimum absolute atomic E-state index is 0.143. The Kier molecular flexibility index (Phi) is 19.7. The van der Waals surface area contributed by atoms with Crippen LogP contribution in [0.15, 0.2) is 156 Å². The first-order valence-electron chi connectivity index (χ1n) is 28.2. The van der Waals surface area contributed by atoms with Crippen molar-refractivity contribution < 1.29 is 37.2 Å². The molecule has 9 heterocycles. The molecule has 0 radical (unpaired) electrons. The summed E-state index contributed by atoms with van der Waals surface area (Å²) in [7, 11) is 0. The Morgan fingerprint density at radius 2 is 0.747 bits per heavy atom. The molecule has 2 N–H and O–H groups in total. The summed E-state index contributed by atoms with van der Waals surface area (Å²) >= 11 is 0. The summed E-state index contributed by atoms with van der Waals surface area (Å²) in [5.74, 6) is -0.689. The van der Waals surface area contributed by atoms with Crippen LogP contribution in [0.5, 0.6) is 0 Å². The first-order valence-corrected chi connectivity index (χ1v) is 28.2. The first-order chi connectivity index (χ1) is 37.1. The predicted molar refractivity (Wildman–Crippen MR) is 295 cm³/mol. The van der Waals surface area contributed by atoms with Gasteiger partial charge in [0.2, 0.25) is 0 Å². The average Bonchev–Trinajstić information content (AvgIpc) is 4.32. The van der Waals surface area contributed by atoms with Gasteiger partial charge in [0.25, 0.3) is 0 Å². The smallest absolute Gasteiger partial charge is 0.196 e. The van der Waals surface area contributed by atoms with Gasteiger partial charge in [0.05, 0.1) is 23.5 Å². The Bertz CT molecular complexity index is 2730. The first kappa shape index (κ1) is 53.6. The highest BCUT2D eigenvalue weighted by Crippen LogP contribution is 2.39. The highest BCUT2D eigenvalue weighted by Gasteiger charge is 2.42. The summed E-state index contributed by atoms with van der Waals surface area (Å²) in [6.07, 6.45) is 25.5. The van der Waals surface area contributed by atoms with Crippen LogP contribution in [0.2, 0.25) is 0 Å². The molecule has 0 spiro atoms. The van der Waals surface area contributed by atoms with E-state index in [9.17, 15) is 0 Å². The van der Waals surface area contributed by atoms with Crippen molar-refractivity contribution in [2.45, 2.75) is 135 Å². The van der Waals surface area contributed by atoms with Crippen molar-refractivity contribution >= 4 is 11.4 Å². The summed E-state index contributed by atoms with van der Waals surface area (Å²) < 4.78 is 34.2. The molecule has 75 heavy (non-hydrogen) atoms. The summed E-state index contributed by atoms with van der Waals surface area (Å²) in [6, 6.07) is 35.0. The number of fused-ring (bicyclic) bond motifs is 6. The zero-order valence-corrected chi connectivity index (χ0v) is 45.1. The van der Waals surface area contributed by atoms with Crippen molar-refractivity contribution in [1.29, 1.82) is 0 Å². The van der Waals surface area contributed by atoms with E-state index >= 15 is 0 Å². The molecule has 394 valence electrons. The monoisotopic (exact) mass is 1010 g/mol. The van der Waals surface area contributed by atoms with Gasteiger partial charge in [-0.15, -0.1) is 0 Å². The molecule has 0 aromatic carbocycles. The third-order valence-electron chi connectivity index (χ3n) is 14.9. The number of hydrogen-bond acceptors (Lipinski definition) is 6. The number of aromatic amines is 2. The molecule has 0 saturated heterocycles. The number of unbranched alkanes of at least 4 members (excludes halogenated alkanes) is 3. The molecule has 6 aromatic heterocycles. The highest BCUT2D eigenvalue weighted by molar-refractivity contribution is 6.21. The van der Waals surface area contributed by atoms with E-state index in [4.69, 9.17) is 28.9 Å². The van der Waals surface area contributed by atoms with Crippen molar-refractivity contribution in [2.75, 3.05) is 52.9 Å². The molecule has 3 aliphatic heterocycles. The third kappa shape index (κ3) is 13.3. The third-order valence-corrected chi connectivity index (χ3v) is 14.9. The number of H-pyrrole nitrogens is 2. The minimum atomic E-state index is -0.235. The van der Waals surface area contributed by atoms with Crippen molar-refractivity contribution in [2.24, 2.45) is 9.98 Å². The second-order valence-electron chi connectivity index (χ2n) is 20.2. The number of hydrogen-bond donors (Lipinski definition) is 2. The van der Waals surface area contributed by atoms with Crippen molar-refractivity contribution in [1.82, 2.24) is 9.97 Å². The van der Waals surface area contributed by atoms with Gasteiger partial charge in [-0.25, -0.2) is 0 Å². The van der Waals surface area contributed by atoms with Gasteiger partial charge >= 0.3 is 0 Å². The van der Waals surface area contributed by atoms with E-state index in [2.05, 4.69) is 202 Å². The van der Waals surface area contributed by atoms with Gasteiger partial charge in [-0.3, -0.25) is 9.98 Å². The molecule has 0 aliphatic carbocycles. The zero-order chi connectivity index (χ0) is 51.6. The van der Waals surface area contributed by atoms with Gasteiger partial charge in [-0.1, -0.05) is 83.4 Å². The van der Waals surface area contributed by atoms with Gasteiger partial charge in [0.1, 0.15) is 50.1 Å². The standard InChI is InChI=1S/C63H82N8O4/c1-5-9-41-73-45-37-69-33-17-13-21-57(69)61-50-26-24-48(64-50)60(56-20-12-16-32-68(56)36-44-72-40-8-4)49-25-27-51(65-49)62(58-22-14-18-34-70(58)38-46-74-42-10-6-2)53-29-31-55(67-53)63(54-30-28-52(61)66-54)59-23-15-19-35-71(59)39-47-75-43-11-7-3/h12-35,52-53,60-65H,5-11,36-47H2,1-4H3/q+4. The van der Waals surface area contributed by atoms with E-state index in [0.717, 1.165) is 137 Å². The second-order valence-corrected chi connectivity index (χ2v) is 20.2. The van der Waals surface area contributed by atoms with Gasteiger partial charge < -0.3 is 28.9 Å². The lowest BCUT2D eigenvalue weighted by molar-refractivity contribution is -0.706. The zero-order valence-electron chi connectivity index (χ0n) is 45.1. The van der Waals surface area contributed by atoms with Crippen LogP contribution in [0.1, 0.15) is 142 Å². The molecule has 8 bridgehead atoms. The van der Waals surface area contributed by atoms with Crippen LogP contribution in [0.25, 0.3) is 0 Å². The quantitative estimate of drug-likeness (QED) is 0.0396. The molecule has 12 heteroatoms. The van der Waals surface area contributed by atoms with E-state index in [1.807, 2.05) is 0 Å². The topological polar surface area (TPSA) is 109 Å². The molecule has 9 rings (SSSR count). The Labute approximate surface area is 445 Å². The lowest BCUT2D eigenvalue weighted by atomic mass is 9.92. The number of nitrogens with zero attached hydrogens (tertiary/aromatic N) is 6. The van der Waals surface area contributed by atoms with Crippen LogP contribution >= 0.6 is 0 Å². The number of aromatic nitrogens is 6. The van der Waals surface area contributed by atoms with Gasteiger partial charge in [-0.05, 0) is 62.1 Å². The molecule has 0 saturated carbocycles. The molecule has 12 nitrogen and oxygen atoms in total. The Hall–Kier alpha value is -6.18. The van der Waals surface area contributed by atoms with Crippen molar-refractivity contribution in [3.05, 3.63) is 192 Å². The van der Waals surface area contributed by atoms with Gasteiger partial charge in [0.15, 0.2) is 73.7 Å². The molecule has 6 aromatic rings. The van der Waals surface area contributed by atoms with E-state index in [1.54, 1.807) is 0 Å². The average molecular weight is 1020 g/mol. The number of ether oxygens (including phenoxy) is 4. The lowest BCUT2D eigenvalue weighted by Gasteiger charge is -2.21. The van der Waals surface area contributed by atoms with Crippen LogP contribution in [0.4, 0.5) is 0 Å². The minimum Gasteiger partial charge on any atom is -0.375 e. The van der Waals surface area contributed by atoms with Crippen LogP contribution < -0.4 is 18.3 Å². The molecule has 0 amide bonds. The van der Waals surface area contributed by atoms with E-state index in [-0.39, 0.29) is 35.8 Å². The normalized spacial score (nSPS) is 19.9. The van der Waals surface area contributed by atoms with Crippen molar-refractivity contribution in [3.63, 3.8) is 0 Å². The van der Waals surface area contributed by atoms with E-state index < -0.39 is 0 Å². The van der Waals surface area contributed by atoms with E-state index in [0.29, 0.717) is 26.4 Å². The fourth-order valence-electron chi connectivity index (χ4n) is 11.0. The van der Waals surface area contributed by atoms with Gasteiger partial charge in [0, 0.05) is 97.7 Å². The predicted octanol–water partition coefficient (Wildman–Crippen LogP) is 9.37. The molecular formula is C63H82N8O4+4. The molecule has 0 fully saturated rings. The molecule has 4 atom stereocenters. The molecular weight excluding hydrogens is 933 g/mol. The molecule has 3 aliphatic rings. The van der Waals surface area contributed by atoms with Crippen LogP contribution in [0, 0.1) is 0 Å². The van der Waals surface area contributed by atoms with Crippen LogP contribution in [-0.4, -0.2) is 86.3 Å². The Morgan fingerprint density at radius 3 is 1.15 bits per heavy atom. The summed E-state index contributed by atoms with van der Waals surface area (Å²) in [6.45, 7) is 17.3. The Morgan fingerprint density at radius 1 is 0.387 bits per heavy atom. The van der Waals surface area contributed by atoms with E-state index in [1.165, 1.54) is 17.1 Å². The van der Waals surface area contributed by atoms with Crippen LogP contribution in [-0.2, 0) is 45.1 Å². The molecule has 4 unspecified atom stereocenters. The van der Waals surface area contributed by atoms with Crippen LogP contribution in [0.3, 0.4) is 0 Å². The highest BCUT2D eigenvalue weighted by atomic mass is 16.5. The van der Waals surface area contributed by atoms with Crippen molar-refractivity contribution in [3.8, 4) is 0 Å². The largest absolute Gasteiger partial charge is 0.375 e. The SMILES string of the molecule is CCCCOCC[n+]1ccccc1C1C2=NC(C=C2)C(c2cccc[n+]2CCOCCCC)c2ccc([nH]2)C(c2cccc[n+]2CCOCCC)c2ccc([nH]2)C(c2cccc[n+]2CCOCCCC)C2C=CC1=N2. The summed E-state index contributed by atoms with van der Waals surface area (Å²) in [4.78, 5) is 19.9. The number of rotatable bonds is 27. The van der Waals surface area contributed by atoms with Gasteiger partial charge in [-0.2, -0.15) is 18.3 Å². The maximum Gasteiger partial charge on any atom is 0.196 e. The maximum absolute atomic E-state index is 6.20.